The zero-order chi connectivity index (χ0) is 23.4. The molecule has 3 aromatic rings. The minimum atomic E-state index is -0.639. The average Bonchev–Trinajstić information content (AvgIpc) is 3.15. The van der Waals surface area contributed by atoms with E-state index in [-0.39, 0.29) is 17.2 Å². The van der Waals surface area contributed by atoms with Crippen molar-refractivity contribution in [1.29, 1.82) is 0 Å². The van der Waals surface area contributed by atoms with Gasteiger partial charge in [-0.3, -0.25) is 0 Å². The molecule has 1 heterocycles. The molecule has 33 heavy (non-hydrogen) atoms. The van der Waals surface area contributed by atoms with E-state index in [0.29, 0.717) is 30.3 Å². The molecule has 168 valence electrons. The highest BCUT2D eigenvalue weighted by Gasteiger charge is 2.26. The Morgan fingerprint density at radius 2 is 1.82 bits per heavy atom. The summed E-state index contributed by atoms with van der Waals surface area (Å²) in [5, 5.41) is 0. The topological polar surface area (TPSA) is 57.1 Å². The second kappa shape index (κ2) is 10.6. The van der Waals surface area contributed by atoms with Gasteiger partial charge < -0.3 is 14.2 Å². The summed E-state index contributed by atoms with van der Waals surface area (Å²) in [5.74, 6) is -0.0101. The van der Waals surface area contributed by atoms with Crippen LogP contribution in [0.1, 0.15) is 23.6 Å². The van der Waals surface area contributed by atoms with Gasteiger partial charge in [-0.1, -0.05) is 24.3 Å². The molecule has 1 aliphatic heterocycles. The van der Waals surface area contributed by atoms with Gasteiger partial charge >= 0.3 is 5.97 Å². The molecule has 0 aromatic heterocycles. The molecule has 0 aliphatic carbocycles. The zero-order valence-corrected chi connectivity index (χ0v) is 21.8. The molecule has 0 fully saturated rings. The summed E-state index contributed by atoms with van der Waals surface area (Å²) in [7, 11) is 0. The maximum atomic E-state index is 14.0. The highest BCUT2D eigenvalue weighted by molar-refractivity contribution is 14.1. The van der Waals surface area contributed by atoms with E-state index in [2.05, 4.69) is 50.2 Å². The largest absolute Gasteiger partial charge is 0.490 e. The molecule has 0 radical (unpaired) electrons. The minimum Gasteiger partial charge on any atom is -0.490 e. The normalized spacial score (nSPS) is 14.2. The molecule has 0 saturated carbocycles. The van der Waals surface area contributed by atoms with Crippen LogP contribution in [0.15, 0.2) is 71.4 Å². The van der Waals surface area contributed by atoms with Gasteiger partial charge in [-0.2, -0.15) is 0 Å². The van der Waals surface area contributed by atoms with Crippen molar-refractivity contribution in [2.24, 2.45) is 4.99 Å². The zero-order valence-electron chi connectivity index (χ0n) is 17.5. The number of halogens is 3. The Morgan fingerprint density at radius 3 is 2.55 bits per heavy atom. The predicted octanol–water partition coefficient (Wildman–Crippen LogP) is 6.36. The third kappa shape index (κ3) is 5.72. The van der Waals surface area contributed by atoms with Crippen molar-refractivity contribution in [3.8, 4) is 11.5 Å². The SMILES string of the molecule is CCOc1cc(/C=C2\N=C(c3ccccc3F)OC2=O)cc(I)c1OCc1ccc(I)cc1. The molecule has 0 unspecified atom stereocenters. The third-order valence-corrected chi connectivity index (χ3v) is 6.18. The van der Waals surface area contributed by atoms with Gasteiger partial charge in [0.05, 0.1) is 15.7 Å². The Balaban J connectivity index is 1.61. The Morgan fingerprint density at radius 1 is 1.06 bits per heavy atom. The second-order valence-electron chi connectivity index (χ2n) is 6.99. The summed E-state index contributed by atoms with van der Waals surface area (Å²) in [6, 6.07) is 17.8. The average molecular weight is 669 g/mol. The number of hydrogen-bond donors (Lipinski definition) is 0. The van der Waals surface area contributed by atoms with Gasteiger partial charge in [0.2, 0.25) is 5.90 Å². The van der Waals surface area contributed by atoms with Crippen LogP contribution >= 0.6 is 45.2 Å². The molecule has 0 spiro atoms. The molecule has 0 N–H and O–H groups in total. The van der Waals surface area contributed by atoms with Crippen molar-refractivity contribution in [2.75, 3.05) is 6.61 Å². The van der Waals surface area contributed by atoms with E-state index in [4.69, 9.17) is 14.2 Å². The van der Waals surface area contributed by atoms with Crippen LogP contribution in [0, 0.1) is 13.0 Å². The molecule has 0 atom stereocenters. The summed E-state index contributed by atoms with van der Waals surface area (Å²) in [5.41, 5.74) is 1.95. The number of cyclic esters (lactones) is 1. The Hall–Kier alpha value is -2.47. The number of carbonyl (C=O) groups is 1. The van der Waals surface area contributed by atoms with E-state index >= 15 is 0 Å². The molecule has 5 nitrogen and oxygen atoms in total. The van der Waals surface area contributed by atoms with Crippen molar-refractivity contribution in [1.82, 2.24) is 0 Å². The number of ether oxygens (including phenoxy) is 3. The van der Waals surface area contributed by atoms with Crippen LogP contribution in [0.3, 0.4) is 0 Å². The van der Waals surface area contributed by atoms with Gasteiger partial charge in [-0.15, -0.1) is 0 Å². The van der Waals surface area contributed by atoms with Crippen LogP contribution in [-0.4, -0.2) is 18.5 Å². The standard InChI is InChI=1S/C25H18FI2NO4/c1-2-31-22-13-16(11-20(28)23(22)32-14-15-7-9-17(27)10-8-15)12-21-25(30)33-24(29-21)18-5-3-4-6-19(18)26/h3-13H,2,14H2,1H3/b21-12-. The Kier molecular flexibility index (Phi) is 7.63. The monoisotopic (exact) mass is 669 g/mol. The molecule has 8 heteroatoms. The van der Waals surface area contributed by atoms with Crippen LogP contribution in [0.5, 0.6) is 11.5 Å². The van der Waals surface area contributed by atoms with Crippen LogP contribution < -0.4 is 9.47 Å². The number of rotatable bonds is 7. The number of benzene rings is 3. The molecular weight excluding hydrogens is 651 g/mol. The fourth-order valence-corrected chi connectivity index (χ4v) is 4.27. The number of hydrogen-bond acceptors (Lipinski definition) is 5. The van der Waals surface area contributed by atoms with Crippen LogP contribution in [-0.2, 0) is 16.1 Å². The van der Waals surface area contributed by atoms with E-state index in [1.165, 1.54) is 12.1 Å². The maximum absolute atomic E-state index is 14.0. The van der Waals surface area contributed by atoms with Crippen LogP contribution in [0.25, 0.3) is 6.08 Å². The highest BCUT2D eigenvalue weighted by Crippen LogP contribution is 2.36. The van der Waals surface area contributed by atoms with Gasteiger partial charge in [0.1, 0.15) is 12.4 Å². The lowest BCUT2D eigenvalue weighted by molar-refractivity contribution is -0.129. The van der Waals surface area contributed by atoms with Crippen molar-refractivity contribution in [3.05, 3.63) is 96.0 Å². The molecule has 1 aliphatic rings. The Bertz CT molecular complexity index is 1260. The molecule has 0 amide bonds. The van der Waals surface area contributed by atoms with Gasteiger partial charge in [0.25, 0.3) is 0 Å². The van der Waals surface area contributed by atoms with Gasteiger partial charge in [-0.05, 0) is 106 Å². The summed E-state index contributed by atoms with van der Waals surface area (Å²) in [6.07, 6.45) is 1.59. The molecule has 0 saturated heterocycles. The van der Waals surface area contributed by atoms with Gasteiger partial charge in [0, 0.05) is 3.57 Å². The lowest BCUT2D eigenvalue weighted by atomic mass is 10.1. The minimum absolute atomic E-state index is 0.0541. The maximum Gasteiger partial charge on any atom is 0.363 e. The van der Waals surface area contributed by atoms with Gasteiger partial charge in [0.15, 0.2) is 17.2 Å². The van der Waals surface area contributed by atoms with Crippen molar-refractivity contribution < 1.29 is 23.4 Å². The van der Waals surface area contributed by atoms with Crippen molar-refractivity contribution in [2.45, 2.75) is 13.5 Å². The number of aliphatic imine (C=N–C) groups is 1. The van der Waals surface area contributed by atoms with Crippen molar-refractivity contribution in [3.63, 3.8) is 0 Å². The van der Waals surface area contributed by atoms with Crippen LogP contribution in [0.2, 0.25) is 0 Å². The van der Waals surface area contributed by atoms with Crippen molar-refractivity contribution >= 4 is 63.1 Å². The second-order valence-corrected chi connectivity index (χ2v) is 9.40. The lowest BCUT2D eigenvalue weighted by Crippen LogP contribution is -2.07. The molecule has 0 bridgehead atoms. The first-order valence-electron chi connectivity index (χ1n) is 10.1. The smallest absolute Gasteiger partial charge is 0.363 e. The van der Waals surface area contributed by atoms with E-state index < -0.39 is 11.8 Å². The van der Waals surface area contributed by atoms with E-state index in [1.54, 1.807) is 24.3 Å². The molecule has 3 aromatic carbocycles. The summed E-state index contributed by atoms with van der Waals surface area (Å²) in [4.78, 5) is 16.5. The lowest BCUT2D eigenvalue weighted by Gasteiger charge is -2.15. The summed E-state index contributed by atoms with van der Waals surface area (Å²) < 4.78 is 33.1. The third-order valence-electron chi connectivity index (χ3n) is 4.66. The number of esters is 1. The van der Waals surface area contributed by atoms with Gasteiger partial charge in [-0.25, -0.2) is 14.2 Å². The summed E-state index contributed by atoms with van der Waals surface area (Å²) in [6.45, 7) is 2.74. The highest BCUT2D eigenvalue weighted by atomic mass is 127. The molecular formula is C25H18FI2NO4. The number of nitrogens with zero attached hydrogens (tertiary/aromatic N) is 1. The fourth-order valence-electron chi connectivity index (χ4n) is 3.13. The molecule has 4 rings (SSSR count). The first-order valence-corrected chi connectivity index (χ1v) is 12.2. The van der Waals surface area contributed by atoms with E-state index in [9.17, 15) is 9.18 Å². The predicted molar refractivity (Wildman–Crippen MR) is 141 cm³/mol. The first kappa shape index (κ1) is 23.7. The quantitative estimate of drug-likeness (QED) is 0.167. The van der Waals surface area contributed by atoms with Crippen LogP contribution in [0.4, 0.5) is 4.39 Å². The van der Waals surface area contributed by atoms with E-state index in [1.807, 2.05) is 37.3 Å². The number of carbonyl (C=O) groups excluding carboxylic acids is 1. The first-order chi connectivity index (χ1) is 15.9. The Labute approximate surface area is 217 Å². The fraction of sp³-hybridized carbons (Fsp3) is 0.120. The van der Waals surface area contributed by atoms with E-state index in [0.717, 1.165) is 12.7 Å². The summed E-state index contributed by atoms with van der Waals surface area (Å²) >= 11 is 4.43.